The Morgan fingerprint density at radius 2 is 2.30 bits per heavy atom. The molecule has 0 bridgehead atoms. The van der Waals surface area contributed by atoms with Crippen molar-refractivity contribution in [2.75, 3.05) is 23.9 Å². The highest BCUT2D eigenvalue weighted by Gasteiger charge is 2.31. The molecule has 1 fully saturated rings. The first-order chi connectivity index (χ1) is 9.74. The SMILES string of the molecule is COc1ccc(N2CC(CBr)CC2=O)c2cccnc12. The Bertz CT molecular complexity index is 659. The van der Waals surface area contributed by atoms with Gasteiger partial charge in [0.1, 0.15) is 11.3 Å². The maximum absolute atomic E-state index is 12.2. The smallest absolute Gasteiger partial charge is 0.227 e. The van der Waals surface area contributed by atoms with Crippen LogP contribution in [0.2, 0.25) is 0 Å². The van der Waals surface area contributed by atoms with Crippen molar-refractivity contribution < 1.29 is 9.53 Å². The summed E-state index contributed by atoms with van der Waals surface area (Å²) in [5.41, 5.74) is 1.71. The van der Waals surface area contributed by atoms with E-state index in [1.165, 1.54) is 0 Å². The maximum Gasteiger partial charge on any atom is 0.227 e. The van der Waals surface area contributed by atoms with Crippen molar-refractivity contribution in [1.29, 1.82) is 0 Å². The number of hydrogen-bond donors (Lipinski definition) is 0. The average Bonchev–Trinajstić information content (AvgIpc) is 2.87. The van der Waals surface area contributed by atoms with Gasteiger partial charge in [-0.2, -0.15) is 0 Å². The van der Waals surface area contributed by atoms with Crippen molar-refractivity contribution in [3.05, 3.63) is 30.5 Å². The summed E-state index contributed by atoms with van der Waals surface area (Å²) in [7, 11) is 1.63. The monoisotopic (exact) mass is 334 g/mol. The van der Waals surface area contributed by atoms with Crippen LogP contribution in [0.25, 0.3) is 10.9 Å². The first-order valence-corrected chi connectivity index (χ1v) is 7.64. The van der Waals surface area contributed by atoms with Crippen molar-refractivity contribution in [3.63, 3.8) is 0 Å². The van der Waals surface area contributed by atoms with E-state index in [0.29, 0.717) is 12.3 Å². The minimum Gasteiger partial charge on any atom is -0.494 e. The van der Waals surface area contributed by atoms with Crippen LogP contribution in [0.1, 0.15) is 6.42 Å². The molecule has 20 heavy (non-hydrogen) atoms. The molecule has 4 nitrogen and oxygen atoms in total. The minimum atomic E-state index is 0.171. The van der Waals surface area contributed by atoms with E-state index in [9.17, 15) is 4.79 Å². The third-order valence-corrected chi connectivity index (χ3v) is 4.56. The molecule has 1 unspecified atom stereocenters. The van der Waals surface area contributed by atoms with Crippen molar-refractivity contribution in [3.8, 4) is 5.75 Å². The van der Waals surface area contributed by atoms with E-state index >= 15 is 0 Å². The number of hydrogen-bond acceptors (Lipinski definition) is 3. The molecule has 1 aromatic heterocycles. The van der Waals surface area contributed by atoms with E-state index in [-0.39, 0.29) is 5.91 Å². The van der Waals surface area contributed by atoms with Crippen LogP contribution in [-0.4, -0.2) is 29.9 Å². The number of ether oxygens (including phenoxy) is 1. The number of alkyl halides is 1. The number of rotatable bonds is 3. The normalized spacial score (nSPS) is 18.8. The van der Waals surface area contributed by atoms with Gasteiger partial charge in [-0.1, -0.05) is 15.9 Å². The molecule has 0 N–H and O–H groups in total. The second kappa shape index (κ2) is 5.40. The van der Waals surface area contributed by atoms with Crippen LogP contribution in [-0.2, 0) is 4.79 Å². The lowest BCUT2D eigenvalue weighted by Crippen LogP contribution is -2.24. The molecule has 0 aliphatic carbocycles. The summed E-state index contributed by atoms with van der Waals surface area (Å²) in [6.07, 6.45) is 2.33. The van der Waals surface area contributed by atoms with Gasteiger partial charge in [0.25, 0.3) is 0 Å². The summed E-state index contributed by atoms with van der Waals surface area (Å²) in [6.45, 7) is 0.750. The van der Waals surface area contributed by atoms with Gasteiger partial charge in [0, 0.05) is 29.9 Å². The van der Waals surface area contributed by atoms with Crippen molar-refractivity contribution in [2.24, 2.45) is 5.92 Å². The Labute approximate surface area is 125 Å². The van der Waals surface area contributed by atoms with Gasteiger partial charge in [-0.05, 0) is 30.2 Å². The second-order valence-electron chi connectivity index (χ2n) is 4.92. The summed E-state index contributed by atoms with van der Waals surface area (Å²) in [4.78, 5) is 18.4. The Kier molecular flexibility index (Phi) is 3.61. The van der Waals surface area contributed by atoms with E-state index in [1.807, 2.05) is 29.2 Å². The summed E-state index contributed by atoms with van der Waals surface area (Å²) >= 11 is 3.47. The number of fused-ring (bicyclic) bond motifs is 1. The number of pyridine rings is 1. The Morgan fingerprint density at radius 1 is 1.45 bits per heavy atom. The number of anilines is 1. The number of aromatic nitrogens is 1. The third kappa shape index (κ3) is 2.16. The fourth-order valence-corrected chi connectivity index (χ4v) is 3.08. The molecule has 1 amide bonds. The largest absolute Gasteiger partial charge is 0.494 e. The zero-order valence-electron chi connectivity index (χ0n) is 11.2. The molecule has 0 saturated carbocycles. The van der Waals surface area contributed by atoms with Crippen molar-refractivity contribution in [1.82, 2.24) is 4.98 Å². The average molecular weight is 335 g/mol. The fraction of sp³-hybridized carbons (Fsp3) is 0.333. The second-order valence-corrected chi connectivity index (χ2v) is 5.56. The van der Waals surface area contributed by atoms with Crippen LogP contribution in [0.4, 0.5) is 5.69 Å². The van der Waals surface area contributed by atoms with Crippen LogP contribution < -0.4 is 9.64 Å². The Morgan fingerprint density at radius 3 is 3.00 bits per heavy atom. The zero-order chi connectivity index (χ0) is 14.1. The number of benzene rings is 1. The fourth-order valence-electron chi connectivity index (χ4n) is 2.65. The lowest BCUT2D eigenvalue weighted by molar-refractivity contribution is -0.117. The third-order valence-electron chi connectivity index (χ3n) is 3.64. The van der Waals surface area contributed by atoms with Gasteiger partial charge < -0.3 is 9.64 Å². The molecule has 1 aliphatic rings. The molecule has 1 atom stereocenters. The van der Waals surface area contributed by atoms with E-state index in [1.54, 1.807) is 13.3 Å². The molecular formula is C15H15BrN2O2. The number of amides is 1. The zero-order valence-corrected chi connectivity index (χ0v) is 12.8. The summed E-state index contributed by atoms with van der Waals surface area (Å²) in [5, 5.41) is 1.80. The van der Waals surface area contributed by atoms with E-state index < -0.39 is 0 Å². The van der Waals surface area contributed by atoms with E-state index in [0.717, 1.165) is 34.2 Å². The van der Waals surface area contributed by atoms with Gasteiger partial charge in [-0.3, -0.25) is 9.78 Å². The van der Waals surface area contributed by atoms with Crippen LogP contribution in [0.3, 0.4) is 0 Å². The van der Waals surface area contributed by atoms with Crippen LogP contribution >= 0.6 is 15.9 Å². The van der Waals surface area contributed by atoms with Gasteiger partial charge in [0.05, 0.1) is 12.8 Å². The van der Waals surface area contributed by atoms with Gasteiger partial charge in [-0.15, -0.1) is 0 Å². The first kappa shape index (κ1) is 13.4. The van der Waals surface area contributed by atoms with E-state index in [2.05, 4.69) is 20.9 Å². The highest BCUT2D eigenvalue weighted by atomic mass is 79.9. The summed E-state index contributed by atoms with van der Waals surface area (Å²) in [5.74, 6) is 1.27. The van der Waals surface area contributed by atoms with Gasteiger partial charge in [0.2, 0.25) is 5.91 Å². The number of nitrogens with zero attached hydrogens (tertiary/aromatic N) is 2. The van der Waals surface area contributed by atoms with Crippen LogP contribution in [0, 0.1) is 5.92 Å². The number of methoxy groups -OCH3 is 1. The topological polar surface area (TPSA) is 42.4 Å². The van der Waals surface area contributed by atoms with Crippen LogP contribution in [0.15, 0.2) is 30.5 Å². The molecule has 1 aromatic carbocycles. The van der Waals surface area contributed by atoms with Crippen LogP contribution in [0.5, 0.6) is 5.75 Å². The summed E-state index contributed by atoms with van der Waals surface area (Å²) < 4.78 is 5.34. The lowest BCUT2D eigenvalue weighted by atomic mass is 10.1. The molecule has 1 aliphatic heterocycles. The number of carbonyl (C=O) groups excluding carboxylic acids is 1. The first-order valence-electron chi connectivity index (χ1n) is 6.52. The van der Waals surface area contributed by atoms with Crippen molar-refractivity contribution >= 4 is 38.4 Å². The van der Waals surface area contributed by atoms with Gasteiger partial charge >= 0.3 is 0 Å². The predicted octanol–water partition coefficient (Wildman–Crippen LogP) is 2.99. The predicted molar refractivity (Wildman–Crippen MR) is 82.5 cm³/mol. The number of carbonyl (C=O) groups is 1. The molecule has 0 radical (unpaired) electrons. The molecular weight excluding hydrogens is 320 g/mol. The molecule has 1 saturated heterocycles. The van der Waals surface area contributed by atoms with Gasteiger partial charge in [0.15, 0.2) is 0 Å². The molecule has 104 valence electrons. The Hall–Kier alpha value is -1.62. The quantitative estimate of drug-likeness (QED) is 0.810. The minimum absolute atomic E-state index is 0.171. The molecule has 2 aromatic rings. The highest BCUT2D eigenvalue weighted by molar-refractivity contribution is 9.09. The number of halogens is 1. The lowest BCUT2D eigenvalue weighted by Gasteiger charge is -2.19. The van der Waals surface area contributed by atoms with E-state index in [4.69, 9.17) is 4.74 Å². The maximum atomic E-state index is 12.2. The standard InChI is InChI=1S/C15H15BrN2O2/c1-20-13-5-4-12(11-3-2-6-17-15(11)13)18-9-10(8-16)7-14(18)19/h2-6,10H,7-9H2,1H3. The Balaban J connectivity index is 2.11. The molecule has 0 spiro atoms. The van der Waals surface area contributed by atoms with Gasteiger partial charge in [-0.25, -0.2) is 0 Å². The molecule has 3 rings (SSSR count). The summed E-state index contributed by atoms with van der Waals surface area (Å²) in [6, 6.07) is 7.68. The van der Waals surface area contributed by atoms with Crippen molar-refractivity contribution in [2.45, 2.75) is 6.42 Å². The molecule has 5 heteroatoms. The highest BCUT2D eigenvalue weighted by Crippen LogP contribution is 2.35. The molecule has 2 heterocycles.